The van der Waals surface area contributed by atoms with Gasteiger partial charge in [-0.25, -0.2) is 0 Å². The minimum Gasteiger partial charge on any atom is -0.339 e. The molecule has 1 atom stereocenters. The Morgan fingerprint density at radius 2 is 2.15 bits per heavy atom. The highest BCUT2D eigenvalue weighted by molar-refractivity contribution is 5.53. The lowest BCUT2D eigenvalue weighted by atomic mass is 10.0. The summed E-state index contributed by atoms with van der Waals surface area (Å²) in [6.07, 6.45) is 2.48. The van der Waals surface area contributed by atoms with E-state index in [-0.39, 0.29) is 0 Å². The van der Waals surface area contributed by atoms with E-state index in [0.717, 1.165) is 24.2 Å². The van der Waals surface area contributed by atoms with Crippen LogP contribution in [-0.2, 0) is 6.42 Å². The fraction of sp³-hybridized carbons (Fsp3) is 0.533. The van der Waals surface area contributed by atoms with Crippen molar-refractivity contribution in [1.29, 1.82) is 0 Å². The molecule has 108 valence electrons. The van der Waals surface area contributed by atoms with E-state index < -0.39 is 0 Å². The number of pyridine rings is 1. The zero-order chi connectivity index (χ0) is 14.5. The van der Waals surface area contributed by atoms with Crippen LogP contribution in [0.5, 0.6) is 0 Å². The molecule has 2 rings (SSSR count). The van der Waals surface area contributed by atoms with Crippen LogP contribution in [0.4, 0.5) is 0 Å². The number of hydrogen-bond acceptors (Lipinski definition) is 5. The summed E-state index contributed by atoms with van der Waals surface area (Å²) in [5, 5.41) is 7.49. The first-order valence-corrected chi connectivity index (χ1v) is 7.09. The summed E-state index contributed by atoms with van der Waals surface area (Å²) in [6.45, 7) is 9.41. The Bertz CT molecular complexity index is 550. The molecule has 2 heterocycles. The number of nitrogens with one attached hydrogen (secondary N) is 1. The van der Waals surface area contributed by atoms with Crippen LogP contribution in [0.1, 0.15) is 32.2 Å². The summed E-state index contributed by atoms with van der Waals surface area (Å²) in [7, 11) is 0. The maximum Gasteiger partial charge on any atom is 0.228 e. The molecule has 0 aliphatic rings. The molecule has 1 unspecified atom stereocenters. The minimum atomic E-state index is 0.345. The molecule has 2 aromatic rings. The van der Waals surface area contributed by atoms with E-state index in [1.165, 1.54) is 0 Å². The Morgan fingerprint density at radius 3 is 2.80 bits per heavy atom. The Labute approximate surface area is 119 Å². The molecule has 2 aromatic heterocycles. The van der Waals surface area contributed by atoms with Gasteiger partial charge in [-0.3, -0.25) is 4.98 Å². The molecular formula is C15H22N4O. The molecule has 0 radical (unpaired) electrons. The maximum atomic E-state index is 5.36. The molecule has 5 nitrogen and oxygen atoms in total. The summed E-state index contributed by atoms with van der Waals surface area (Å²) in [5.41, 5.74) is 1.83. The predicted molar refractivity (Wildman–Crippen MR) is 78.3 cm³/mol. The number of likely N-dealkylation sites (N-methyl/N-ethyl adjacent to an activating group) is 1. The van der Waals surface area contributed by atoms with E-state index in [1.54, 1.807) is 6.20 Å². The van der Waals surface area contributed by atoms with Crippen molar-refractivity contribution in [1.82, 2.24) is 20.4 Å². The summed E-state index contributed by atoms with van der Waals surface area (Å²) in [4.78, 5) is 8.78. The van der Waals surface area contributed by atoms with Crippen LogP contribution >= 0.6 is 0 Å². The van der Waals surface area contributed by atoms with E-state index in [1.807, 2.05) is 19.1 Å². The molecule has 5 heteroatoms. The third-order valence-electron chi connectivity index (χ3n) is 3.35. The van der Waals surface area contributed by atoms with Crippen molar-refractivity contribution in [3.63, 3.8) is 0 Å². The van der Waals surface area contributed by atoms with Gasteiger partial charge in [0.1, 0.15) is 5.69 Å². The lowest BCUT2D eigenvalue weighted by Gasteiger charge is -2.19. The van der Waals surface area contributed by atoms with Gasteiger partial charge in [0.2, 0.25) is 11.7 Å². The fourth-order valence-corrected chi connectivity index (χ4v) is 2.15. The number of rotatable bonds is 6. The van der Waals surface area contributed by atoms with Crippen LogP contribution in [0.3, 0.4) is 0 Å². The summed E-state index contributed by atoms with van der Waals surface area (Å²) in [6, 6.07) is 4.24. The normalized spacial score (nSPS) is 12.8. The Kier molecular flexibility index (Phi) is 4.84. The summed E-state index contributed by atoms with van der Waals surface area (Å²) < 4.78 is 5.36. The molecule has 0 fully saturated rings. The van der Waals surface area contributed by atoms with Crippen molar-refractivity contribution < 1.29 is 4.52 Å². The highest BCUT2D eigenvalue weighted by atomic mass is 16.5. The highest BCUT2D eigenvalue weighted by Gasteiger charge is 2.18. The van der Waals surface area contributed by atoms with Crippen LogP contribution < -0.4 is 5.32 Å². The number of hydrogen-bond donors (Lipinski definition) is 1. The Balaban J connectivity index is 2.15. The van der Waals surface area contributed by atoms with Gasteiger partial charge in [0, 0.05) is 18.7 Å². The van der Waals surface area contributed by atoms with Crippen molar-refractivity contribution in [3.05, 3.63) is 29.8 Å². The number of aromatic nitrogens is 3. The average molecular weight is 274 g/mol. The third-order valence-corrected chi connectivity index (χ3v) is 3.35. The topological polar surface area (TPSA) is 63.8 Å². The molecule has 0 bridgehead atoms. The molecular weight excluding hydrogens is 252 g/mol. The van der Waals surface area contributed by atoms with Gasteiger partial charge in [0.05, 0.1) is 0 Å². The quantitative estimate of drug-likeness (QED) is 0.877. The van der Waals surface area contributed by atoms with Gasteiger partial charge in [-0.1, -0.05) is 32.0 Å². The van der Waals surface area contributed by atoms with Gasteiger partial charge in [-0.15, -0.1) is 0 Å². The van der Waals surface area contributed by atoms with Crippen LogP contribution in [0.25, 0.3) is 11.5 Å². The zero-order valence-corrected chi connectivity index (χ0v) is 12.6. The molecule has 0 amide bonds. The van der Waals surface area contributed by atoms with Crippen molar-refractivity contribution >= 4 is 0 Å². The van der Waals surface area contributed by atoms with E-state index in [2.05, 4.69) is 41.2 Å². The molecule has 0 saturated carbocycles. The van der Waals surface area contributed by atoms with Crippen LogP contribution in [-0.4, -0.2) is 27.7 Å². The summed E-state index contributed by atoms with van der Waals surface area (Å²) in [5.74, 6) is 1.74. The van der Waals surface area contributed by atoms with Crippen molar-refractivity contribution in [3.8, 4) is 11.5 Å². The molecule has 0 aromatic carbocycles. The first-order valence-electron chi connectivity index (χ1n) is 7.09. The van der Waals surface area contributed by atoms with E-state index in [0.29, 0.717) is 23.7 Å². The first-order chi connectivity index (χ1) is 9.61. The monoisotopic (exact) mass is 274 g/mol. The molecule has 20 heavy (non-hydrogen) atoms. The van der Waals surface area contributed by atoms with E-state index >= 15 is 0 Å². The number of nitrogens with zero attached hydrogens (tertiary/aromatic N) is 3. The van der Waals surface area contributed by atoms with Crippen LogP contribution in [0.15, 0.2) is 22.9 Å². The van der Waals surface area contributed by atoms with Gasteiger partial charge in [-0.2, -0.15) is 4.98 Å². The van der Waals surface area contributed by atoms with Crippen molar-refractivity contribution in [2.45, 2.75) is 40.2 Å². The predicted octanol–water partition coefficient (Wildman–Crippen LogP) is 2.62. The van der Waals surface area contributed by atoms with Crippen LogP contribution in [0.2, 0.25) is 0 Å². The standard InChI is InChI=1S/C15H22N4O/c1-5-16-12(10(2)3)9-13-18-15(19-20-13)14-11(4)7-6-8-17-14/h6-8,10,12,16H,5,9H2,1-4H3. The smallest absolute Gasteiger partial charge is 0.228 e. The van der Waals surface area contributed by atoms with Crippen molar-refractivity contribution in [2.75, 3.05) is 6.54 Å². The van der Waals surface area contributed by atoms with Gasteiger partial charge in [0.25, 0.3) is 0 Å². The van der Waals surface area contributed by atoms with E-state index in [4.69, 9.17) is 4.52 Å². The number of aryl methyl sites for hydroxylation is 1. The molecule has 0 saturated heterocycles. The maximum absolute atomic E-state index is 5.36. The molecule has 0 aliphatic carbocycles. The van der Waals surface area contributed by atoms with Crippen molar-refractivity contribution in [2.24, 2.45) is 5.92 Å². The van der Waals surface area contributed by atoms with Gasteiger partial charge in [0.15, 0.2) is 0 Å². The highest BCUT2D eigenvalue weighted by Crippen LogP contribution is 2.18. The SMILES string of the molecule is CCNC(Cc1nc(-c2ncccc2C)no1)C(C)C. The average Bonchev–Trinajstić information content (AvgIpc) is 2.87. The second-order valence-corrected chi connectivity index (χ2v) is 5.29. The van der Waals surface area contributed by atoms with E-state index in [9.17, 15) is 0 Å². The van der Waals surface area contributed by atoms with Gasteiger partial charge in [-0.05, 0) is 31.0 Å². The lowest BCUT2D eigenvalue weighted by Crippen LogP contribution is -2.35. The van der Waals surface area contributed by atoms with Crippen LogP contribution in [0, 0.1) is 12.8 Å². The largest absolute Gasteiger partial charge is 0.339 e. The molecule has 0 aliphatic heterocycles. The second-order valence-electron chi connectivity index (χ2n) is 5.29. The second kappa shape index (κ2) is 6.61. The van der Waals surface area contributed by atoms with Gasteiger partial charge >= 0.3 is 0 Å². The molecule has 1 N–H and O–H groups in total. The Hall–Kier alpha value is -1.75. The molecule has 0 spiro atoms. The Morgan fingerprint density at radius 1 is 1.35 bits per heavy atom. The lowest BCUT2D eigenvalue weighted by molar-refractivity contribution is 0.329. The van der Waals surface area contributed by atoms with Gasteiger partial charge < -0.3 is 9.84 Å². The fourth-order valence-electron chi connectivity index (χ4n) is 2.15. The summed E-state index contributed by atoms with van der Waals surface area (Å²) >= 11 is 0. The first kappa shape index (κ1) is 14.7. The zero-order valence-electron chi connectivity index (χ0n) is 12.6. The minimum absolute atomic E-state index is 0.345. The third kappa shape index (κ3) is 3.42.